The van der Waals surface area contributed by atoms with Crippen molar-refractivity contribution in [3.8, 4) is 0 Å². The predicted molar refractivity (Wildman–Crippen MR) is 102 cm³/mol. The molecule has 0 radical (unpaired) electrons. The molecule has 3 rings (SSSR count). The second-order valence-electron chi connectivity index (χ2n) is 7.38. The fourth-order valence-electron chi connectivity index (χ4n) is 4.27. The zero-order chi connectivity index (χ0) is 21.0. The van der Waals surface area contributed by atoms with Gasteiger partial charge in [0.15, 0.2) is 12.2 Å². The zero-order valence-electron chi connectivity index (χ0n) is 16.9. The first kappa shape index (κ1) is 21.3. The number of rotatable bonds is 7. The monoisotopic (exact) mass is 405 g/mol. The fraction of sp³-hybridized carbons (Fsp3) is 0.571. The molecular weight excluding hydrogens is 378 g/mol. The van der Waals surface area contributed by atoms with E-state index in [1.807, 2.05) is 30.3 Å². The molecule has 1 aromatic rings. The summed E-state index contributed by atoms with van der Waals surface area (Å²) >= 11 is 0. The number of esters is 3. The molecule has 0 N–H and O–H groups in total. The number of carbonyl (C=O) groups excluding carboxylic acids is 3. The molecule has 2 saturated heterocycles. The molecule has 0 aromatic heterocycles. The average Bonchev–Trinajstić information content (AvgIpc) is 3.16. The summed E-state index contributed by atoms with van der Waals surface area (Å²) in [7, 11) is 0. The van der Waals surface area contributed by atoms with E-state index in [9.17, 15) is 14.4 Å². The quantitative estimate of drug-likeness (QED) is 0.497. The molecule has 0 amide bonds. The Balaban J connectivity index is 1.78. The molecule has 0 bridgehead atoms. The Labute approximate surface area is 170 Å². The second kappa shape index (κ2) is 9.37. The lowest BCUT2D eigenvalue weighted by atomic mass is 10.0. The van der Waals surface area contributed by atoms with E-state index < -0.39 is 36.2 Å². The van der Waals surface area contributed by atoms with Crippen LogP contribution >= 0.6 is 0 Å². The number of hydrogen-bond acceptors (Lipinski definition) is 8. The van der Waals surface area contributed by atoms with Crippen molar-refractivity contribution in [1.29, 1.82) is 0 Å². The van der Waals surface area contributed by atoms with Gasteiger partial charge < -0.3 is 18.9 Å². The smallest absolute Gasteiger partial charge is 0.303 e. The molecule has 2 aliphatic rings. The minimum absolute atomic E-state index is 0.286. The van der Waals surface area contributed by atoms with Crippen LogP contribution in [-0.4, -0.2) is 66.4 Å². The topological polar surface area (TPSA) is 91.4 Å². The maximum Gasteiger partial charge on any atom is 0.303 e. The fourth-order valence-corrected chi connectivity index (χ4v) is 4.27. The maximum atomic E-state index is 11.7. The first-order chi connectivity index (χ1) is 13.9. The van der Waals surface area contributed by atoms with Gasteiger partial charge in [-0.25, -0.2) is 0 Å². The van der Waals surface area contributed by atoms with Crippen LogP contribution in [0.25, 0.3) is 0 Å². The van der Waals surface area contributed by atoms with Crippen molar-refractivity contribution >= 4 is 17.9 Å². The van der Waals surface area contributed by atoms with Gasteiger partial charge >= 0.3 is 17.9 Å². The Kier molecular flexibility index (Phi) is 6.87. The standard InChI is InChI=1S/C21H27NO7/c1-13(23)27-18-9-10-22-17(12-26-11-16-7-5-4-6-8-16)20(28-14(2)24)21(19(18)22)29-15(3)25/h4-8,17-21H,9-12H2,1-3H3/t17-,18-,19-,20-,21-/m1/s1. The van der Waals surface area contributed by atoms with Crippen LogP contribution in [0.3, 0.4) is 0 Å². The van der Waals surface area contributed by atoms with Crippen molar-refractivity contribution in [1.82, 2.24) is 4.90 Å². The lowest BCUT2D eigenvalue weighted by molar-refractivity contribution is -0.168. The van der Waals surface area contributed by atoms with Gasteiger partial charge in [0.1, 0.15) is 6.10 Å². The highest BCUT2D eigenvalue weighted by Crippen LogP contribution is 2.38. The highest BCUT2D eigenvalue weighted by Gasteiger charge is 2.59. The van der Waals surface area contributed by atoms with Gasteiger partial charge in [0.2, 0.25) is 0 Å². The lowest BCUT2D eigenvalue weighted by Gasteiger charge is -2.27. The van der Waals surface area contributed by atoms with E-state index in [4.69, 9.17) is 18.9 Å². The Bertz CT molecular complexity index is 738. The Morgan fingerprint density at radius 1 is 0.931 bits per heavy atom. The number of benzene rings is 1. The van der Waals surface area contributed by atoms with Gasteiger partial charge in [0.25, 0.3) is 0 Å². The molecule has 0 saturated carbocycles. The zero-order valence-corrected chi connectivity index (χ0v) is 16.9. The van der Waals surface area contributed by atoms with Crippen LogP contribution in [-0.2, 0) is 39.9 Å². The normalized spacial score (nSPS) is 28.6. The number of nitrogens with zero attached hydrogens (tertiary/aromatic N) is 1. The minimum atomic E-state index is -0.728. The third-order valence-electron chi connectivity index (χ3n) is 5.22. The summed E-state index contributed by atoms with van der Waals surface area (Å²) in [6.07, 6.45) is -1.25. The molecule has 0 aliphatic carbocycles. The van der Waals surface area contributed by atoms with Crippen LogP contribution in [0.4, 0.5) is 0 Å². The van der Waals surface area contributed by atoms with Crippen LogP contribution in [0, 0.1) is 0 Å². The van der Waals surface area contributed by atoms with Crippen molar-refractivity contribution in [2.75, 3.05) is 13.2 Å². The molecule has 2 fully saturated rings. The van der Waals surface area contributed by atoms with E-state index in [0.29, 0.717) is 19.6 Å². The molecule has 29 heavy (non-hydrogen) atoms. The highest BCUT2D eigenvalue weighted by molar-refractivity contribution is 5.68. The summed E-state index contributed by atoms with van der Waals surface area (Å²) in [5.74, 6) is -1.34. The Hall–Kier alpha value is -2.45. The Morgan fingerprint density at radius 3 is 2.17 bits per heavy atom. The van der Waals surface area contributed by atoms with Gasteiger partial charge in [-0.3, -0.25) is 19.3 Å². The van der Waals surface area contributed by atoms with Gasteiger partial charge in [0.05, 0.1) is 25.3 Å². The summed E-state index contributed by atoms with van der Waals surface area (Å²) in [5.41, 5.74) is 1.03. The van der Waals surface area contributed by atoms with Crippen molar-refractivity contribution in [2.24, 2.45) is 0 Å². The van der Waals surface area contributed by atoms with E-state index in [-0.39, 0.29) is 18.7 Å². The molecule has 0 spiro atoms. The van der Waals surface area contributed by atoms with E-state index >= 15 is 0 Å². The van der Waals surface area contributed by atoms with Gasteiger partial charge in [-0.2, -0.15) is 0 Å². The molecule has 8 nitrogen and oxygen atoms in total. The SMILES string of the molecule is CC(=O)O[C@H]1[C@H](OC(C)=O)[C@@H](COCc2ccccc2)N2CC[C@@H](OC(C)=O)[C@H]12. The number of hydrogen-bond donors (Lipinski definition) is 0. The third kappa shape index (κ3) is 5.13. The van der Waals surface area contributed by atoms with Crippen molar-refractivity contribution in [3.05, 3.63) is 35.9 Å². The summed E-state index contributed by atoms with van der Waals surface area (Å²) in [6, 6.07) is 9.06. The van der Waals surface area contributed by atoms with Gasteiger partial charge in [-0.05, 0) is 12.0 Å². The lowest BCUT2D eigenvalue weighted by Crippen LogP contribution is -2.44. The first-order valence-corrected chi connectivity index (χ1v) is 9.76. The van der Waals surface area contributed by atoms with Gasteiger partial charge in [-0.15, -0.1) is 0 Å². The summed E-state index contributed by atoms with van der Waals surface area (Å²) in [5, 5.41) is 0. The molecule has 5 atom stereocenters. The number of ether oxygens (including phenoxy) is 4. The van der Waals surface area contributed by atoms with Crippen molar-refractivity contribution in [3.63, 3.8) is 0 Å². The summed E-state index contributed by atoms with van der Waals surface area (Å²) in [4.78, 5) is 37.1. The second-order valence-corrected chi connectivity index (χ2v) is 7.38. The number of fused-ring (bicyclic) bond motifs is 1. The molecule has 2 heterocycles. The van der Waals surface area contributed by atoms with Crippen molar-refractivity contribution in [2.45, 2.75) is 64.2 Å². The first-order valence-electron chi connectivity index (χ1n) is 9.76. The van der Waals surface area contributed by atoms with E-state index in [1.54, 1.807) is 0 Å². The summed E-state index contributed by atoms with van der Waals surface area (Å²) in [6.45, 7) is 5.30. The average molecular weight is 405 g/mol. The summed E-state index contributed by atoms with van der Waals surface area (Å²) < 4.78 is 22.5. The molecule has 2 aliphatic heterocycles. The largest absolute Gasteiger partial charge is 0.461 e. The van der Waals surface area contributed by atoms with Crippen molar-refractivity contribution < 1.29 is 33.3 Å². The number of carbonyl (C=O) groups is 3. The van der Waals surface area contributed by atoms with Crippen LogP contribution in [0.5, 0.6) is 0 Å². The van der Waals surface area contributed by atoms with Gasteiger partial charge in [-0.1, -0.05) is 30.3 Å². The highest BCUT2D eigenvalue weighted by atomic mass is 16.6. The van der Waals surface area contributed by atoms with Crippen LogP contribution in [0.2, 0.25) is 0 Å². The minimum Gasteiger partial charge on any atom is -0.461 e. The molecule has 8 heteroatoms. The Morgan fingerprint density at radius 2 is 1.55 bits per heavy atom. The van der Waals surface area contributed by atoms with E-state index in [0.717, 1.165) is 5.56 Å². The predicted octanol–water partition coefficient (Wildman–Crippen LogP) is 1.45. The molecular formula is C21H27NO7. The van der Waals surface area contributed by atoms with Crippen LogP contribution in [0.15, 0.2) is 30.3 Å². The molecule has 158 valence electrons. The molecule has 1 aromatic carbocycles. The van der Waals surface area contributed by atoms with Crippen LogP contribution < -0.4 is 0 Å². The third-order valence-corrected chi connectivity index (χ3v) is 5.22. The van der Waals surface area contributed by atoms with Gasteiger partial charge in [0, 0.05) is 27.3 Å². The van der Waals surface area contributed by atoms with E-state index in [2.05, 4.69) is 4.90 Å². The molecule has 0 unspecified atom stereocenters. The van der Waals surface area contributed by atoms with E-state index in [1.165, 1.54) is 20.8 Å². The van der Waals surface area contributed by atoms with Crippen LogP contribution in [0.1, 0.15) is 32.8 Å². The maximum absolute atomic E-state index is 11.7.